The molecule has 2 rings (SSSR count). The van der Waals surface area contributed by atoms with Crippen LogP contribution in [0.5, 0.6) is 0 Å². The van der Waals surface area contributed by atoms with Gasteiger partial charge in [0, 0.05) is 6.04 Å². The van der Waals surface area contributed by atoms with Gasteiger partial charge in [0.25, 0.3) is 0 Å². The van der Waals surface area contributed by atoms with E-state index in [1.165, 1.54) is 44.1 Å². The molecule has 1 unspecified atom stereocenters. The van der Waals surface area contributed by atoms with Crippen molar-refractivity contribution in [2.24, 2.45) is 5.92 Å². The Labute approximate surface area is 99.3 Å². The van der Waals surface area contributed by atoms with Crippen molar-refractivity contribution in [2.45, 2.75) is 44.6 Å². The summed E-state index contributed by atoms with van der Waals surface area (Å²) in [7, 11) is 2.10. The fraction of sp³-hybridized carbons (Fsp3) is 0.600. The Morgan fingerprint density at radius 1 is 1.00 bits per heavy atom. The summed E-state index contributed by atoms with van der Waals surface area (Å²) in [5, 5.41) is 3.52. The molecule has 1 heteroatoms. The quantitative estimate of drug-likeness (QED) is 0.757. The summed E-state index contributed by atoms with van der Waals surface area (Å²) in [5.74, 6) is 0.829. The standard InChI is InChI=1S/C15H23N/c1-16-15(14-11-7-4-8-12-14)13-9-5-2-3-6-10-13/h4,7-8,11-13,15-16H,2-3,5-6,9-10H2,1H3. The van der Waals surface area contributed by atoms with Crippen molar-refractivity contribution in [2.75, 3.05) is 7.05 Å². The van der Waals surface area contributed by atoms with Crippen LogP contribution in [0.1, 0.15) is 50.1 Å². The van der Waals surface area contributed by atoms with Crippen molar-refractivity contribution >= 4 is 0 Å². The van der Waals surface area contributed by atoms with Crippen LogP contribution < -0.4 is 5.32 Å². The second-order valence-electron chi connectivity index (χ2n) is 4.93. The van der Waals surface area contributed by atoms with Gasteiger partial charge in [-0.05, 0) is 31.4 Å². The van der Waals surface area contributed by atoms with Crippen molar-refractivity contribution in [3.63, 3.8) is 0 Å². The molecule has 0 saturated heterocycles. The van der Waals surface area contributed by atoms with E-state index in [4.69, 9.17) is 0 Å². The molecule has 0 aromatic heterocycles. The third-order valence-electron chi connectivity index (χ3n) is 3.84. The lowest BCUT2D eigenvalue weighted by Gasteiger charge is -2.26. The lowest BCUT2D eigenvalue weighted by Crippen LogP contribution is -2.25. The first-order valence-electron chi connectivity index (χ1n) is 6.64. The number of nitrogens with one attached hydrogen (secondary N) is 1. The monoisotopic (exact) mass is 217 g/mol. The minimum Gasteiger partial charge on any atom is -0.313 e. The Bertz CT molecular complexity index is 286. The van der Waals surface area contributed by atoms with Gasteiger partial charge in [0.15, 0.2) is 0 Å². The maximum Gasteiger partial charge on any atom is 0.0346 e. The molecule has 0 bridgehead atoms. The molecule has 1 saturated carbocycles. The Kier molecular flexibility index (Phi) is 4.41. The smallest absolute Gasteiger partial charge is 0.0346 e. The van der Waals surface area contributed by atoms with E-state index < -0.39 is 0 Å². The van der Waals surface area contributed by atoms with E-state index in [2.05, 4.69) is 42.7 Å². The van der Waals surface area contributed by atoms with Gasteiger partial charge in [0.1, 0.15) is 0 Å². The fourth-order valence-corrected chi connectivity index (χ4v) is 2.98. The lowest BCUT2D eigenvalue weighted by molar-refractivity contribution is 0.341. The molecular formula is C15H23N. The van der Waals surface area contributed by atoms with Crippen LogP contribution in [-0.4, -0.2) is 7.05 Å². The van der Waals surface area contributed by atoms with E-state index in [9.17, 15) is 0 Å². The van der Waals surface area contributed by atoms with Crippen molar-refractivity contribution in [3.05, 3.63) is 35.9 Å². The Balaban J connectivity index is 2.09. The number of benzene rings is 1. The largest absolute Gasteiger partial charge is 0.313 e. The first-order chi connectivity index (χ1) is 7.92. The summed E-state index contributed by atoms with van der Waals surface area (Å²) in [6.45, 7) is 0. The summed E-state index contributed by atoms with van der Waals surface area (Å²) < 4.78 is 0. The van der Waals surface area contributed by atoms with Crippen molar-refractivity contribution < 1.29 is 0 Å². The molecule has 1 nitrogen and oxygen atoms in total. The third kappa shape index (κ3) is 2.85. The normalized spacial score (nSPS) is 20.3. The maximum absolute atomic E-state index is 3.52. The molecule has 0 spiro atoms. The third-order valence-corrected chi connectivity index (χ3v) is 3.84. The second-order valence-corrected chi connectivity index (χ2v) is 4.93. The van der Waals surface area contributed by atoms with E-state index in [0.717, 1.165) is 5.92 Å². The highest BCUT2D eigenvalue weighted by atomic mass is 14.9. The molecule has 1 aliphatic rings. The van der Waals surface area contributed by atoms with Crippen molar-refractivity contribution in [1.82, 2.24) is 5.32 Å². The summed E-state index contributed by atoms with van der Waals surface area (Å²) in [5.41, 5.74) is 1.46. The minimum atomic E-state index is 0.555. The number of hydrogen-bond donors (Lipinski definition) is 1. The average Bonchev–Trinajstić information content (AvgIpc) is 2.61. The molecule has 0 heterocycles. The van der Waals surface area contributed by atoms with E-state index in [0.29, 0.717) is 6.04 Å². The maximum atomic E-state index is 3.52. The zero-order valence-electron chi connectivity index (χ0n) is 10.3. The summed E-state index contributed by atoms with van der Waals surface area (Å²) >= 11 is 0. The Morgan fingerprint density at radius 3 is 2.19 bits per heavy atom. The van der Waals surface area contributed by atoms with E-state index in [-0.39, 0.29) is 0 Å². The molecule has 1 aromatic carbocycles. The van der Waals surface area contributed by atoms with Crippen LogP contribution in [0.25, 0.3) is 0 Å². The molecule has 1 fully saturated rings. The van der Waals surface area contributed by atoms with Crippen LogP contribution in [0.2, 0.25) is 0 Å². The van der Waals surface area contributed by atoms with Gasteiger partial charge in [-0.15, -0.1) is 0 Å². The van der Waals surface area contributed by atoms with Gasteiger partial charge in [0.05, 0.1) is 0 Å². The number of rotatable bonds is 3. The van der Waals surface area contributed by atoms with Gasteiger partial charge in [-0.25, -0.2) is 0 Å². The van der Waals surface area contributed by atoms with Crippen LogP contribution in [0.3, 0.4) is 0 Å². The van der Waals surface area contributed by atoms with Crippen LogP contribution >= 0.6 is 0 Å². The van der Waals surface area contributed by atoms with Gasteiger partial charge in [-0.2, -0.15) is 0 Å². The minimum absolute atomic E-state index is 0.555. The van der Waals surface area contributed by atoms with E-state index in [1.54, 1.807) is 0 Å². The zero-order valence-corrected chi connectivity index (χ0v) is 10.3. The van der Waals surface area contributed by atoms with Crippen molar-refractivity contribution in [3.8, 4) is 0 Å². The highest BCUT2D eigenvalue weighted by Gasteiger charge is 2.22. The highest BCUT2D eigenvalue weighted by Crippen LogP contribution is 2.33. The Morgan fingerprint density at radius 2 is 1.62 bits per heavy atom. The molecule has 16 heavy (non-hydrogen) atoms. The van der Waals surface area contributed by atoms with Gasteiger partial charge in [0.2, 0.25) is 0 Å². The van der Waals surface area contributed by atoms with E-state index >= 15 is 0 Å². The summed E-state index contributed by atoms with van der Waals surface area (Å²) in [6.07, 6.45) is 8.47. The molecule has 1 aliphatic carbocycles. The molecule has 88 valence electrons. The van der Waals surface area contributed by atoms with Gasteiger partial charge < -0.3 is 5.32 Å². The molecule has 1 atom stereocenters. The fourth-order valence-electron chi connectivity index (χ4n) is 2.98. The molecule has 0 aliphatic heterocycles. The molecule has 0 amide bonds. The van der Waals surface area contributed by atoms with Gasteiger partial charge in [-0.3, -0.25) is 0 Å². The van der Waals surface area contributed by atoms with Crippen LogP contribution in [0.15, 0.2) is 30.3 Å². The molecule has 1 aromatic rings. The predicted molar refractivity (Wildman–Crippen MR) is 69.4 cm³/mol. The predicted octanol–water partition coefficient (Wildman–Crippen LogP) is 3.92. The zero-order chi connectivity index (χ0) is 11.2. The van der Waals surface area contributed by atoms with Crippen molar-refractivity contribution in [1.29, 1.82) is 0 Å². The van der Waals surface area contributed by atoms with Crippen LogP contribution in [0, 0.1) is 5.92 Å². The summed E-state index contributed by atoms with van der Waals surface area (Å²) in [4.78, 5) is 0. The number of hydrogen-bond acceptors (Lipinski definition) is 1. The lowest BCUT2D eigenvalue weighted by atomic mass is 9.87. The molecule has 0 radical (unpaired) electrons. The topological polar surface area (TPSA) is 12.0 Å². The SMILES string of the molecule is CNC(c1ccccc1)C1CCCCCC1. The second kappa shape index (κ2) is 6.05. The van der Waals surface area contributed by atoms with Gasteiger partial charge in [-0.1, -0.05) is 56.0 Å². The van der Waals surface area contributed by atoms with Crippen LogP contribution in [0.4, 0.5) is 0 Å². The first-order valence-corrected chi connectivity index (χ1v) is 6.64. The van der Waals surface area contributed by atoms with Crippen LogP contribution in [-0.2, 0) is 0 Å². The molecule has 1 N–H and O–H groups in total. The highest BCUT2D eigenvalue weighted by molar-refractivity contribution is 5.19. The molecular weight excluding hydrogens is 194 g/mol. The van der Waals surface area contributed by atoms with E-state index in [1.807, 2.05) is 0 Å². The van der Waals surface area contributed by atoms with Gasteiger partial charge >= 0.3 is 0 Å². The first kappa shape index (κ1) is 11.7. The average molecular weight is 217 g/mol. The summed E-state index contributed by atoms with van der Waals surface area (Å²) in [6, 6.07) is 11.5. The Hall–Kier alpha value is -0.820.